The van der Waals surface area contributed by atoms with E-state index in [9.17, 15) is 4.79 Å². The number of aryl methyl sites for hydroxylation is 1. The highest BCUT2D eigenvalue weighted by molar-refractivity contribution is 7.80. The van der Waals surface area contributed by atoms with Crippen LogP contribution in [-0.4, -0.2) is 31.2 Å². The van der Waals surface area contributed by atoms with E-state index < -0.39 is 0 Å². The molecule has 0 radical (unpaired) electrons. The monoisotopic (exact) mass is 348 g/mol. The minimum atomic E-state index is 0.0114. The largest absolute Gasteiger partial charge is 0.303 e. The average Bonchev–Trinajstić information content (AvgIpc) is 2.92. The third-order valence-electron chi connectivity index (χ3n) is 5.91. The molecule has 0 saturated heterocycles. The number of anilines is 1. The Morgan fingerprint density at radius 3 is 2.42 bits per heavy atom. The van der Waals surface area contributed by atoms with Crippen molar-refractivity contribution in [3.8, 4) is 0 Å². The summed E-state index contributed by atoms with van der Waals surface area (Å²) in [5.41, 5.74) is 0.220. The number of hydrogen-bond acceptors (Lipinski definition) is 5. The predicted octanol–water partition coefficient (Wildman–Crippen LogP) is 2.11. The summed E-state index contributed by atoms with van der Waals surface area (Å²) in [6.07, 6.45) is 8.42. The molecule has 130 valence electrons. The fourth-order valence-corrected chi connectivity index (χ4v) is 5.78. The van der Waals surface area contributed by atoms with E-state index in [4.69, 9.17) is 12.2 Å². The lowest BCUT2D eigenvalue weighted by Crippen LogP contribution is -2.48. The van der Waals surface area contributed by atoms with Gasteiger partial charge in [-0.3, -0.25) is 10.1 Å². The van der Waals surface area contributed by atoms with Crippen LogP contribution in [0.2, 0.25) is 0 Å². The first-order valence-corrected chi connectivity index (χ1v) is 9.33. The molecule has 0 aliphatic heterocycles. The first-order valence-electron chi connectivity index (χ1n) is 8.92. The predicted molar refractivity (Wildman–Crippen MR) is 93.1 cm³/mol. The molecule has 1 amide bonds. The van der Waals surface area contributed by atoms with E-state index in [0.717, 1.165) is 17.8 Å². The van der Waals surface area contributed by atoms with Gasteiger partial charge in [0.05, 0.1) is 6.54 Å². The van der Waals surface area contributed by atoms with E-state index in [1.807, 2.05) is 6.92 Å². The molecule has 4 aliphatic carbocycles. The maximum atomic E-state index is 12.5. The highest BCUT2D eigenvalue weighted by atomic mass is 32.1. The number of carbonyl (C=O) groups is 1. The first kappa shape index (κ1) is 15.9. The topological polar surface area (TPSA) is 84.7 Å². The van der Waals surface area contributed by atoms with Gasteiger partial charge < -0.3 is 5.32 Å². The lowest BCUT2D eigenvalue weighted by atomic mass is 9.49. The molecular weight excluding hydrogens is 324 g/mol. The molecule has 1 aromatic rings. The third kappa shape index (κ3) is 3.16. The van der Waals surface area contributed by atoms with Gasteiger partial charge in [0.2, 0.25) is 5.91 Å². The Hall–Kier alpha value is -1.57. The number of thiocarbonyl (C=S) groups is 1. The van der Waals surface area contributed by atoms with Gasteiger partial charge in [0.1, 0.15) is 0 Å². The highest BCUT2D eigenvalue weighted by Crippen LogP contribution is 2.61. The summed E-state index contributed by atoms with van der Waals surface area (Å²) in [4.78, 5) is 13.9. The molecule has 0 unspecified atom stereocenters. The molecule has 4 saturated carbocycles. The minimum absolute atomic E-state index is 0.0114. The second-order valence-corrected chi connectivity index (χ2v) is 8.31. The minimum Gasteiger partial charge on any atom is -0.303 e. The zero-order valence-electron chi connectivity index (χ0n) is 14.0. The molecule has 8 heteroatoms. The van der Waals surface area contributed by atoms with Gasteiger partial charge in [-0.2, -0.15) is 4.80 Å². The Bertz CT molecular complexity index is 621. The van der Waals surface area contributed by atoms with Crippen molar-refractivity contribution in [1.29, 1.82) is 0 Å². The van der Waals surface area contributed by atoms with Crippen molar-refractivity contribution >= 4 is 29.2 Å². The molecule has 1 heterocycles. The van der Waals surface area contributed by atoms with Gasteiger partial charge in [0.25, 0.3) is 5.95 Å². The highest BCUT2D eigenvalue weighted by Gasteiger charge is 2.51. The Kier molecular flexibility index (Phi) is 4.02. The van der Waals surface area contributed by atoms with Crippen molar-refractivity contribution < 1.29 is 4.79 Å². The Balaban J connectivity index is 1.32. The van der Waals surface area contributed by atoms with Crippen LogP contribution in [0.5, 0.6) is 0 Å². The Labute approximate surface area is 146 Å². The van der Waals surface area contributed by atoms with E-state index in [1.54, 1.807) is 0 Å². The molecule has 7 nitrogen and oxygen atoms in total. The van der Waals surface area contributed by atoms with Crippen LogP contribution < -0.4 is 10.6 Å². The summed E-state index contributed by atoms with van der Waals surface area (Å²) in [6, 6.07) is 0. The summed E-state index contributed by atoms with van der Waals surface area (Å²) in [7, 11) is 0. The van der Waals surface area contributed by atoms with Gasteiger partial charge in [-0.15, -0.1) is 5.10 Å². The number of nitrogens with one attached hydrogen (secondary N) is 2. The number of rotatable bonds is 4. The van der Waals surface area contributed by atoms with E-state index in [-0.39, 0.29) is 16.4 Å². The van der Waals surface area contributed by atoms with Gasteiger partial charge in [0, 0.05) is 6.42 Å². The van der Waals surface area contributed by atoms with Crippen LogP contribution in [0.1, 0.15) is 51.9 Å². The number of amides is 1. The van der Waals surface area contributed by atoms with E-state index in [2.05, 4.69) is 26.0 Å². The summed E-state index contributed by atoms with van der Waals surface area (Å²) in [6.45, 7) is 2.57. The van der Waals surface area contributed by atoms with Crippen molar-refractivity contribution in [1.82, 2.24) is 25.5 Å². The standard InChI is InChI=1S/C16H24N6OS/c1-2-22-20-14(19-21-22)18-15(24)17-13(23)9-16-6-10-3-11(7-16)5-12(4-10)8-16/h10-12H,2-9H2,1H3,(H2,17,18,20,23,24). The second-order valence-electron chi connectivity index (χ2n) is 7.90. The average molecular weight is 348 g/mol. The van der Waals surface area contributed by atoms with Crippen molar-refractivity contribution in [2.75, 3.05) is 5.32 Å². The first-order chi connectivity index (χ1) is 11.5. The third-order valence-corrected chi connectivity index (χ3v) is 6.12. The van der Waals surface area contributed by atoms with Crippen molar-refractivity contribution in [2.45, 2.75) is 58.4 Å². The zero-order chi connectivity index (χ0) is 16.7. The van der Waals surface area contributed by atoms with Crippen LogP contribution in [0.4, 0.5) is 5.95 Å². The number of carbonyl (C=O) groups excluding carboxylic acids is 1. The molecule has 1 aromatic heterocycles. The molecular formula is C16H24N6OS. The fourth-order valence-electron chi connectivity index (χ4n) is 5.58. The van der Waals surface area contributed by atoms with Crippen LogP contribution in [0, 0.1) is 23.2 Å². The van der Waals surface area contributed by atoms with Crippen molar-refractivity contribution in [3.63, 3.8) is 0 Å². The van der Waals surface area contributed by atoms with Crippen LogP contribution in [-0.2, 0) is 11.3 Å². The normalized spacial score (nSPS) is 33.5. The smallest absolute Gasteiger partial charge is 0.269 e. The molecule has 5 rings (SSSR count). The quantitative estimate of drug-likeness (QED) is 0.811. The van der Waals surface area contributed by atoms with Crippen molar-refractivity contribution in [2.24, 2.45) is 23.2 Å². The molecule has 2 N–H and O–H groups in total. The lowest BCUT2D eigenvalue weighted by Gasteiger charge is -2.56. The second kappa shape index (κ2) is 6.06. The maximum absolute atomic E-state index is 12.5. The molecule has 0 spiro atoms. The summed E-state index contributed by atoms with van der Waals surface area (Å²) >= 11 is 5.21. The fraction of sp³-hybridized carbons (Fsp3) is 0.812. The van der Waals surface area contributed by atoms with Gasteiger partial charge in [-0.25, -0.2) is 0 Å². The molecule has 0 atom stereocenters. The van der Waals surface area contributed by atoms with Gasteiger partial charge in [-0.05, 0) is 86.0 Å². The maximum Gasteiger partial charge on any atom is 0.269 e. The summed E-state index contributed by atoms with van der Waals surface area (Å²) in [5, 5.41) is 17.7. The lowest BCUT2D eigenvalue weighted by molar-refractivity contribution is -0.127. The van der Waals surface area contributed by atoms with Crippen molar-refractivity contribution in [3.05, 3.63) is 0 Å². The van der Waals surface area contributed by atoms with Gasteiger partial charge in [0.15, 0.2) is 5.11 Å². The number of tetrazole rings is 1. The zero-order valence-corrected chi connectivity index (χ0v) is 14.8. The summed E-state index contributed by atoms with van der Waals surface area (Å²) in [5.74, 6) is 2.88. The molecule has 24 heavy (non-hydrogen) atoms. The number of aromatic nitrogens is 4. The SMILES string of the molecule is CCn1nnc(NC(=S)NC(=O)CC23CC4CC(CC(C4)C2)C3)n1. The molecule has 4 bridgehead atoms. The Morgan fingerprint density at radius 2 is 1.88 bits per heavy atom. The van der Waals surface area contributed by atoms with Crippen LogP contribution in [0.25, 0.3) is 0 Å². The van der Waals surface area contributed by atoms with Crippen LogP contribution in [0.15, 0.2) is 0 Å². The van der Waals surface area contributed by atoms with E-state index >= 15 is 0 Å². The molecule has 4 fully saturated rings. The molecule has 4 aliphatic rings. The number of hydrogen-bond donors (Lipinski definition) is 2. The summed E-state index contributed by atoms with van der Waals surface area (Å²) < 4.78 is 0. The van der Waals surface area contributed by atoms with Gasteiger partial charge in [-0.1, -0.05) is 5.10 Å². The van der Waals surface area contributed by atoms with Crippen LogP contribution >= 0.6 is 12.2 Å². The number of nitrogens with zero attached hydrogens (tertiary/aromatic N) is 4. The Morgan fingerprint density at radius 1 is 1.25 bits per heavy atom. The van der Waals surface area contributed by atoms with Gasteiger partial charge >= 0.3 is 0 Å². The van der Waals surface area contributed by atoms with E-state index in [0.29, 0.717) is 18.9 Å². The van der Waals surface area contributed by atoms with E-state index in [1.165, 1.54) is 43.3 Å². The molecule has 0 aromatic carbocycles. The van der Waals surface area contributed by atoms with Crippen LogP contribution in [0.3, 0.4) is 0 Å².